The van der Waals surface area contributed by atoms with Crippen LogP contribution in [0.25, 0.3) is 11.3 Å². The molecule has 1 aliphatic heterocycles. The van der Waals surface area contributed by atoms with E-state index in [-0.39, 0.29) is 17.8 Å². The summed E-state index contributed by atoms with van der Waals surface area (Å²) in [7, 11) is 0. The first-order chi connectivity index (χ1) is 13.9. The van der Waals surface area contributed by atoms with Crippen molar-refractivity contribution in [2.75, 3.05) is 24.6 Å². The highest BCUT2D eigenvalue weighted by molar-refractivity contribution is 7.99. The van der Waals surface area contributed by atoms with Crippen molar-refractivity contribution in [3.63, 3.8) is 0 Å². The predicted octanol–water partition coefficient (Wildman–Crippen LogP) is 2.85. The molecule has 7 nitrogen and oxygen atoms in total. The number of carbonyl (C=O) groups excluding carboxylic acids is 2. The van der Waals surface area contributed by atoms with Crippen molar-refractivity contribution in [3.8, 4) is 11.3 Å². The normalized spacial score (nSPS) is 16.3. The smallest absolute Gasteiger partial charge is 0.251 e. The van der Waals surface area contributed by atoms with Crippen LogP contribution in [0.4, 0.5) is 5.95 Å². The second kappa shape index (κ2) is 9.73. The van der Waals surface area contributed by atoms with Crippen molar-refractivity contribution in [1.29, 1.82) is 0 Å². The highest BCUT2D eigenvalue weighted by atomic mass is 32.2. The minimum Gasteiger partial charge on any atom is -0.368 e. The Bertz CT molecular complexity index is 916. The summed E-state index contributed by atoms with van der Waals surface area (Å²) >= 11 is 1.52. The number of nitrogens with one attached hydrogen (secondary N) is 2. The van der Waals surface area contributed by atoms with Gasteiger partial charge in [-0.2, -0.15) is 0 Å². The molecule has 0 saturated carbocycles. The van der Waals surface area contributed by atoms with Gasteiger partial charge in [0.15, 0.2) is 0 Å². The molecule has 0 radical (unpaired) electrons. The summed E-state index contributed by atoms with van der Waals surface area (Å²) < 4.78 is 0. The van der Waals surface area contributed by atoms with Gasteiger partial charge in [0.25, 0.3) is 5.91 Å². The number of thioether (sulfide) groups is 1. The number of nitrogens with zero attached hydrogens (tertiary/aromatic N) is 2. The molecule has 4 bridgehead atoms. The van der Waals surface area contributed by atoms with Crippen LogP contribution in [-0.2, 0) is 4.79 Å². The summed E-state index contributed by atoms with van der Waals surface area (Å²) in [6.07, 6.45) is 3.06. The minimum absolute atomic E-state index is 0.0554. The molecule has 1 aromatic heterocycles. The van der Waals surface area contributed by atoms with Gasteiger partial charge in [-0.15, -0.1) is 11.8 Å². The quantitative estimate of drug-likeness (QED) is 0.573. The summed E-state index contributed by atoms with van der Waals surface area (Å²) in [6.45, 7) is 5.10. The number of nitrogens with two attached hydrogens (primary N) is 1. The molecule has 29 heavy (non-hydrogen) atoms. The van der Waals surface area contributed by atoms with Crippen molar-refractivity contribution in [3.05, 3.63) is 34.9 Å². The standard InChI is InChI=1S/C21H27N5O2S/c1-13-10-14(2)16-11-15(13)17-12-19(26-21(22)25-17)29-9-8-23-18(27)6-4-3-5-7-24-20(16)28/h10-12H,3-9H2,1-2H3,(H,23,27)(H,24,28)(H2,22,25,26). The number of carbonyl (C=O) groups is 2. The number of rotatable bonds is 0. The monoisotopic (exact) mass is 413 g/mol. The summed E-state index contributed by atoms with van der Waals surface area (Å²) in [4.78, 5) is 33.3. The van der Waals surface area contributed by atoms with Gasteiger partial charge in [0.2, 0.25) is 11.9 Å². The molecule has 154 valence electrons. The van der Waals surface area contributed by atoms with Crippen LogP contribution >= 0.6 is 11.8 Å². The molecule has 0 saturated heterocycles. The van der Waals surface area contributed by atoms with Crippen LogP contribution in [0.2, 0.25) is 0 Å². The summed E-state index contributed by atoms with van der Waals surface area (Å²) in [6, 6.07) is 5.77. The Morgan fingerprint density at radius 1 is 0.931 bits per heavy atom. The number of amides is 2. The largest absolute Gasteiger partial charge is 0.368 e. The van der Waals surface area contributed by atoms with Crippen LogP contribution in [-0.4, -0.2) is 40.6 Å². The van der Waals surface area contributed by atoms with Crippen LogP contribution in [0.5, 0.6) is 0 Å². The molecule has 0 aliphatic carbocycles. The SMILES string of the molecule is Cc1cc(C)c2cc1C(=O)NCCCCCC(=O)NCCSc1cc-2nc(N)n1. The number of hydrogen-bond donors (Lipinski definition) is 3. The number of benzene rings is 1. The first-order valence-electron chi connectivity index (χ1n) is 9.88. The van der Waals surface area contributed by atoms with E-state index in [9.17, 15) is 9.59 Å². The number of aryl methyl sites for hydroxylation is 2. The van der Waals surface area contributed by atoms with E-state index in [1.807, 2.05) is 32.0 Å². The number of anilines is 1. The van der Waals surface area contributed by atoms with Crippen LogP contribution in [0.3, 0.4) is 0 Å². The average Bonchev–Trinajstić information content (AvgIpc) is 2.66. The Kier molecular flexibility index (Phi) is 7.09. The molecule has 0 atom stereocenters. The zero-order valence-electron chi connectivity index (χ0n) is 16.9. The maximum Gasteiger partial charge on any atom is 0.251 e. The second-order valence-electron chi connectivity index (χ2n) is 7.20. The zero-order valence-corrected chi connectivity index (χ0v) is 17.7. The Hall–Kier alpha value is -2.61. The number of nitrogen functional groups attached to an aromatic ring is 1. The maximum atomic E-state index is 12.7. The van der Waals surface area contributed by atoms with Gasteiger partial charge in [-0.1, -0.05) is 12.5 Å². The van der Waals surface area contributed by atoms with Crippen molar-refractivity contribution >= 4 is 29.5 Å². The van der Waals surface area contributed by atoms with E-state index in [0.29, 0.717) is 36.5 Å². The second-order valence-corrected chi connectivity index (χ2v) is 8.31. The first kappa shape index (κ1) is 21.1. The summed E-state index contributed by atoms with van der Waals surface area (Å²) in [5, 5.41) is 6.66. The third-order valence-electron chi connectivity index (χ3n) is 4.85. The predicted molar refractivity (Wildman–Crippen MR) is 116 cm³/mol. The van der Waals surface area contributed by atoms with E-state index >= 15 is 0 Å². The highest BCUT2D eigenvalue weighted by Crippen LogP contribution is 2.28. The molecule has 2 heterocycles. The zero-order chi connectivity index (χ0) is 20.8. The molecule has 4 N–H and O–H groups in total. The first-order valence-corrected chi connectivity index (χ1v) is 10.9. The third-order valence-corrected chi connectivity index (χ3v) is 5.77. The van der Waals surface area contributed by atoms with Crippen molar-refractivity contribution in [2.24, 2.45) is 0 Å². The van der Waals surface area contributed by atoms with Crippen LogP contribution in [0.1, 0.15) is 47.2 Å². The molecule has 3 rings (SSSR count). The van der Waals surface area contributed by atoms with Crippen molar-refractivity contribution in [2.45, 2.75) is 44.6 Å². The van der Waals surface area contributed by atoms with Gasteiger partial charge in [0.05, 0.1) is 5.69 Å². The lowest BCUT2D eigenvalue weighted by Crippen LogP contribution is -2.26. The van der Waals surface area contributed by atoms with Gasteiger partial charge < -0.3 is 16.4 Å². The third kappa shape index (κ3) is 5.69. The lowest BCUT2D eigenvalue weighted by Gasteiger charge is -2.14. The van der Waals surface area contributed by atoms with Gasteiger partial charge in [-0.3, -0.25) is 9.59 Å². The Balaban J connectivity index is 1.95. The number of hydrogen-bond acceptors (Lipinski definition) is 6. The Labute approximate surface area is 175 Å². The lowest BCUT2D eigenvalue weighted by molar-refractivity contribution is -0.121. The van der Waals surface area contributed by atoms with E-state index in [2.05, 4.69) is 20.6 Å². The van der Waals surface area contributed by atoms with Crippen LogP contribution in [0.15, 0.2) is 23.2 Å². The Morgan fingerprint density at radius 2 is 1.72 bits per heavy atom. The van der Waals surface area contributed by atoms with E-state index in [4.69, 9.17) is 5.73 Å². The fourth-order valence-electron chi connectivity index (χ4n) is 3.35. The number of aromatic nitrogens is 2. The van der Waals surface area contributed by atoms with Gasteiger partial charge >= 0.3 is 0 Å². The molecule has 0 fully saturated rings. The fraction of sp³-hybridized carbons (Fsp3) is 0.429. The maximum absolute atomic E-state index is 12.7. The minimum atomic E-state index is -0.0979. The van der Waals surface area contributed by atoms with Crippen LogP contribution in [0, 0.1) is 13.8 Å². The molecule has 2 amide bonds. The van der Waals surface area contributed by atoms with E-state index in [1.54, 1.807) is 0 Å². The molecule has 8 heteroatoms. The van der Waals surface area contributed by atoms with E-state index in [1.165, 1.54) is 11.8 Å². The van der Waals surface area contributed by atoms with Gasteiger partial charge in [-0.05, 0) is 49.9 Å². The van der Waals surface area contributed by atoms with Gasteiger partial charge in [0, 0.05) is 36.4 Å². The van der Waals surface area contributed by atoms with Crippen molar-refractivity contribution < 1.29 is 9.59 Å². The topological polar surface area (TPSA) is 110 Å². The van der Waals surface area contributed by atoms with E-state index in [0.717, 1.165) is 41.0 Å². The van der Waals surface area contributed by atoms with Crippen LogP contribution < -0.4 is 16.4 Å². The molecular formula is C21H27N5O2S. The Morgan fingerprint density at radius 3 is 2.55 bits per heavy atom. The average molecular weight is 414 g/mol. The molecule has 2 aromatic rings. The van der Waals surface area contributed by atoms with Gasteiger partial charge in [-0.25, -0.2) is 9.97 Å². The molecule has 1 aliphatic rings. The fourth-order valence-corrected chi connectivity index (χ4v) is 4.11. The van der Waals surface area contributed by atoms with E-state index < -0.39 is 0 Å². The molecule has 0 unspecified atom stereocenters. The van der Waals surface area contributed by atoms with Gasteiger partial charge in [0.1, 0.15) is 5.03 Å². The van der Waals surface area contributed by atoms with Crippen molar-refractivity contribution in [1.82, 2.24) is 20.6 Å². The lowest BCUT2D eigenvalue weighted by atomic mass is 9.97. The molecular weight excluding hydrogens is 386 g/mol. The highest BCUT2D eigenvalue weighted by Gasteiger charge is 2.15. The molecule has 1 aromatic carbocycles. The summed E-state index contributed by atoms with van der Waals surface area (Å²) in [5.41, 5.74) is 10.1. The summed E-state index contributed by atoms with van der Waals surface area (Å²) in [5.74, 6) is 0.843. The number of fused-ring (bicyclic) bond motifs is 5. The molecule has 0 spiro atoms.